The predicted octanol–water partition coefficient (Wildman–Crippen LogP) is 0.835. The molecule has 0 saturated carbocycles. The second-order valence-corrected chi connectivity index (χ2v) is 3.90. The topological polar surface area (TPSA) is 38.5 Å². The van der Waals surface area contributed by atoms with Crippen molar-refractivity contribution in [2.75, 3.05) is 26.8 Å². The second-order valence-electron chi connectivity index (χ2n) is 3.90. The van der Waals surface area contributed by atoms with Gasteiger partial charge in [0.25, 0.3) is 0 Å². The summed E-state index contributed by atoms with van der Waals surface area (Å²) in [7, 11) is 1.76. The van der Waals surface area contributed by atoms with E-state index in [9.17, 15) is 0 Å². The van der Waals surface area contributed by atoms with Gasteiger partial charge in [0.1, 0.15) is 0 Å². The normalized spacial score (nSPS) is 30.7. The van der Waals surface area contributed by atoms with Crippen LogP contribution in [0.1, 0.15) is 26.2 Å². The average molecular weight is 186 g/mol. The number of ether oxygens (including phenoxy) is 1. The summed E-state index contributed by atoms with van der Waals surface area (Å²) >= 11 is 0. The van der Waals surface area contributed by atoms with Gasteiger partial charge in [0, 0.05) is 32.3 Å². The number of piperidine rings is 1. The van der Waals surface area contributed by atoms with Crippen LogP contribution in [-0.2, 0) is 4.74 Å². The molecule has 3 heteroatoms. The van der Waals surface area contributed by atoms with E-state index < -0.39 is 0 Å². The number of nitrogens with zero attached hydrogens (tertiary/aromatic N) is 1. The molecule has 1 fully saturated rings. The summed E-state index contributed by atoms with van der Waals surface area (Å²) in [6.07, 6.45) is 3.89. The van der Waals surface area contributed by atoms with Crippen molar-refractivity contribution >= 4 is 0 Å². The summed E-state index contributed by atoms with van der Waals surface area (Å²) in [4.78, 5) is 2.49. The first-order valence-corrected chi connectivity index (χ1v) is 5.24. The van der Waals surface area contributed by atoms with E-state index in [1.165, 1.54) is 19.3 Å². The van der Waals surface area contributed by atoms with Crippen LogP contribution in [0.3, 0.4) is 0 Å². The van der Waals surface area contributed by atoms with E-state index in [2.05, 4.69) is 11.8 Å². The van der Waals surface area contributed by atoms with Gasteiger partial charge in [0.05, 0.1) is 6.61 Å². The molecule has 0 aliphatic carbocycles. The van der Waals surface area contributed by atoms with Crippen molar-refractivity contribution in [1.29, 1.82) is 0 Å². The molecule has 0 aromatic rings. The highest BCUT2D eigenvalue weighted by atomic mass is 16.5. The Balaban J connectivity index is 2.41. The Bertz CT molecular complexity index is 141. The average Bonchev–Trinajstić information content (AvgIpc) is 2.15. The zero-order valence-electron chi connectivity index (χ0n) is 8.83. The molecule has 1 rings (SSSR count). The van der Waals surface area contributed by atoms with Crippen LogP contribution in [-0.4, -0.2) is 43.8 Å². The first-order valence-electron chi connectivity index (χ1n) is 5.24. The number of nitrogens with two attached hydrogens (primary N) is 1. The van der Waals surface area contributed by atoms with E-state index in [4.69, 9.17) is 10.5 Å². The van der Waals surface area contributed by atoms with E-state index in [1.54, 1.807) is 7.11 Å². The summed E-state index contributed by atoms with van der Waals surface area (Å²) in [6.45, 7) is 4.92. The summed E-state index contributed by atoms with van der Waals surface area (Å²) in [6, 6.07) is 1.26. The SMILES string of the molecule is COCCN1C(C)CCCC1CN. The van der Waals surface area contributed by atoms with Crippen molar-refractivity contribution in [2.45, 2.75) is 38.3 Å². The standard InChI is InChI=1S/C10H22N2O/c1-9-4-3-5-10(8-11)12(9)6-7-13-2/h9-10H,3-8,11H2,1-2H3. The molecule has 2 unspecified atom stereocenters. The summed E-state index contributed by atoms with van der Waals surface area (Å²) in [5.74, 6) is 0. The molecule has 13 heavy (non-hydrogen) atoms. The highest BCUT2D eigenvalue weighted by molar-refractivity contribution is 4.82. The fourth-order valence-electron chi connectivity index (χ4n) is 2.19. The van der Waals surface area contributed by atoms with Gasteiger partial charge in [0.2, 0.25) is 0 Å². The van der Waals surface area contributed by atoms with Gasteiger partial charge in [-0.3, -0.25) is 4.90 Å². The number of rotatable bonds is 4. The molecule has 1 aliphatic heterocycles. The van der Waals surface area contributed by atoms with Crippen LogP contribution >= 0.6 is 0 Å². The van der Waals surface area contributed by atoms with Crippen LogP contribution in [0.25, 0.3) is 0 Å². The molecule has 1 aliphatic rings. The third-order valence-electron chi connectivity index (χ3n) is 3.02. The number of likely N-dealkylation sites (tertiary alicyclic amines) is 1. The molecule has 0 aromatic carbocycles. The molecule has 0 spiro atoms. The fraction of sp³-hybridized carbons (Fsp3) is 1.00. The third kappa shape index (κ3) is 2.93. The summed E-state index contributed by atoms with van der Waals surface area (Å²) in [5.41, 5.74) is 5.75. The van der Waals surface area contributed by atoms with Crippen LogP contribution in [0.2, 0.25) is 0 Å². The summed E-state index contributed by atoms with van der Waals surface area (Å²) in [5, 5.41) is 0. The van der Waals surface area contributed by atoms with Crippen molar-refractivity contribution in [3.8, 4) is 0 Å². The Hall–Kier alpha value is -0.120. The number of hydrogen-bond donors (Lipinski definition) is 1. The molecule has 2 atom stereocenters. The molecular weight excluding hydrogens is 164 g/mol. The first-order chi connectivity index (χ1) is 6.29. The fourth-order valence-corrected chi connectivity index (χ4v) is 2.19. The molecule has 0 amide bonds. The van der Waals surface area contributed by atoms with Gasteiger partial charge < -0.3 is 10.5 Å². The maximum absolute atomic E-state index is 5.75. The highest BCUT2D eigenvalue weighted by Gasteiger charge is 2.25. The maximum atomic E-state index is 5.75. The Labute approximate surface area is 81.2 Å². The second kappa shape index (κ2) is 5.58. The molecule has 1 saturated heterocycles. The van der Waals surface area contributed by atoms with Crippen molar-refractivity contribution < 1.29 is 4.74 Å². The maximum Gasteiger partial charge on any atom is 0.0589 e. The molecule has 3 nitrogen and oxygen atoms in total. The van der Waals surface area contributed by atoms with E-state index in [0.717, 1.165) is 19.7 Å². The molecular formula is C10H22N2O. The lowest BCUT2D eigenvalue weighted by molar-refractivity contribution is 0.0624. The monoisotopic (exact) mass is 186 g/mol. The lowest BCUT2D eigenvalue weighted by Crippen LogP contribution is -2.49. The van der Waals surface area contributed by atoms with E-state index in [1.807, 2.05) is 0 Å². The molecule has 0 radical (unpaired) electrons. The number of methoxy groups -OCH3 is 1. The van der Waals surface area contributed by atoms with Crippen LogP contribution in [0.5, 0.6) is 0 Å². The Morgan fingerprint density at radius 1 is 1.46 bits per heavy atom. The van der Waals surface area contributed by atoms with Crippen LogP contribution in [0.15, 0.2) is 0 Å². The van der Waals surface area contributed by atoms with Gasteiger partial charge >= 0.3 is 0 Å². The molecule has 2 N–H and O–H groups in total. The largest absolute Gasteiger partial charge is 0.383 e. The number of hydrogen-bond acceptors (Lipinski definition) is 3. The van der Waals surface area contributed by atoms with Gasteiger partial charge in [-0.15, -0.1) is 0 Å². The lowest BCUT2D eigenvalue weighted by atomic mass is 9.96. The Morgan fingerprint density at radius 3 is 2.85 bits per heavy atom. The minimum Gasteiger partial charge on any atom is -0.383 e. The predicted molar refractivity (Wildman–Crippen MR) is 54.7 cm³/mol. The zero-order chi connectivity index (χ0) is 9.68. The molecule has 0 bridgehead atoms. The van der Waals surface area contributed by atoms with E-state index in [-0.39, 0.29) is 0 Å². The Morgan fingerprint density at radius 2 is 2.23 bits per heavy atom. The van der Waals surface area contributed by atoms with Gasteiger partial charge in [-0.25, -0.2) is 0 Å². The molecule has 0 aromatic heterocycles. The lowest BCUT2D eigenvalue weighted by Gasteiger charge is -2.40. The van der Waals surface area contributed by atoms with Crippen LogP contribution in [0.4, 0.5) is 0 Å². The first kappa shape index (κ1) is 11.0. The van der Waals surface area contributed by atoms with E-state index >= 15 is 0 Å². The van der Waals surface area contributed by atoms with Crippen molar-refractivity contribution in [1.82, 2.24) is 4.90 Å². The quantitative estimate of drug-likeness (QED) is 0.707. The van der Waals surface area contributed by atoms with E-state index in [0.29, 0.717) is 12.1 Å². The third-order valence-corrected chi connectivity index (χ3v) is 3.02. The molecule has 1 heterocycles. The highest BCUT2D eigenvalue weighted by Crippen LogP contribution is 2.21. The zero-order valence-corrected chi connectivity index (χ0v) is 8.83. The minimum absolute atomic E-state index is 0.582. The Kier molecular flexibility index (Phi) is 4.70. The van der Waals surface area contributed by atoms with Gasteiger partial charge in [-0.05, 0) is 19.8 Å². The minimum atomic E-state index is 0.582. The molecule has 78 valence electrons. The van der Waals surface area contributed by atoms with Gasteiger partial charge in [0.15, 0.2) is 0 Å². The van der Waals surface area contributed by atoms with Crippen molar-refractivity contribution in [3.05, 3.63) is 0 Å². The van der Waals surface area contributed by atoms with Gasteiger partial charge in [-0.2, -0.15) is 0 Å². The van der Waals surface area contributed by atoms with Gasteiger partial charge in [-0.1, -0.05) is 6.42 Å². The van der Waals surface area contributed by atoms with Crippen LogP contribution < -0.4 is 5.73 Å². The smallest absolute Gasteiger partial charge is 0.0589 e. The van der Waals surface area contributed by atoms with Crippen molar-refractivity contribution in [3.63, 3.8) is 0 Å². The summed E-state index contributed by atoms with van der Waals surface area (Å²) < 4.78 is 5.10. The van der Waals surface area contributed by atoms with Crippen LogP contribution in [0, 0.1) is 0 Å². The van der Waals surface area contributed by atoms with Crippen molar-refractivity contribution in [2.24, 2.45) is 5.73 Å².